The molecule has 1 saturated heterocycles. The van der Waals surface area contributed by atoms with E-state index in [4.69, 9.17) is 25.9 Å². The van der Waals surface area contributed by atoms with Crippen LogP contribution in [0.1, 0.15) is 18.4 Å². The van der Waals surface area contributed by atoms with Crippen LogP contribution in [0.15, 0.2) is 47.4 Å². The number of benzene rings is 2. The molecule has 3 rings (SSSR count). The van der Waals surface area contributed by atoms with Crippen LogP contribution in [0.25, 0.3) is 0 Å². The van der Waals surface area contributed by atoms with Gasteiger partial charge in [0.15, 0.2) is 0 Å². The molecule has 0 saturated carbocycles. The third-order valence-electron chi connectivity index (χ3n) is 5.16. The normalized spacial score (nSPS) is 14.5. The maximum absolute atomic E-state index is 12.6. The van der Waals surface area contributed by atoms with E-state index >= 15 is 0 Å². The summed E-state index contributed by atoms with van der Waals surface area (Å²) >= 11 is 6.01. The summed E-state index contributed by atoms with van der Waals surface area (Å²) in [6, 6.07) is 11.0. The summed E-state index contributed by atoms with van der Waals surface area (Å²) in [5.74, 6) is 0.911. The Balaban J connectivity index is 1.57. The smallest absolute Gasteiger partial charge is 0.413 e. The van der Waals surface area contributed by atoms with E-state index in [1.54, 1.807) is 29.2 Å². The fourth-order valence-corrected chi connectivity index (χ4v) is 4.84. The number of ether oxygens (including phenoxy) is 2. The number of guanidine groups is 1. The predicted molar refractivity (Wildman–Crippen MR) is 124 cm³/mol. The minimum absolute atomic E-state index is 0.0152. The average molecular weight is 496 g/mol. The lowest BCUT2D eigenvalue weighted by Gasteiger charge is -2.33. The fourth-order valence-electron chi connectivity index (χ4n) is 3.43. The van der Waals surface area contributed by atoms with Gasteiger partial charge in [-0.05, 0) is 55.5 Å². The van der Waals surface area contributed by atoms with E-state index in [1.165, 1.54) is 25.3 Å². The van der Waals surface area contributed by atoms with Crippen molar-refractivity contribution in [3.63, 3.8) is 0 Å². The first kappa shape index (κ1) is 24.7. The minimum Gasteiger partial charge on any atom is -0.493 e. The van der Waals surface area contributed by atoms with Crippen LogP contribution < -0.4 is 14.2 Å². The number of hydrogen-bond acceptors (Lipinski definition) is 7. The molecule has 0 spiro atoms. The van der Waals surface area contributed by atoms with E-state index in [9.17, 15) is 13.2 Å². The fraction of sp³-hybridized carbons (Fsp3) is 0.364. The van der Waals surface area contributed by atoms with Gasteiger partial charge < -0.3 is 18.6 Å². The second-order valence-corrected chi connectivity index (χ2v) is 9.58. The van der Waals surface area contributed by atoms with Crippen molar-refractivity contribution >= 4 is 33.8 Å². The van der Waals surface area contributed by atoms with Gasteiger partial charge in [-0.25, -0.2) is 4.79 Å². The maximum atomic E-state index is 12.6. The molecule has 1 fully saturated rings. The lowest BCUT2D eigenvalue weighted by molar-refractivity contribution is 0.167. The van der Waals surface area contributed by atoms with Crippen molar-refractivity contribution in [3.05, 3.63) is 53.1 Å². The Bertz CT molecular complexity index is 1120. The Kier molecular flexibility index (Phi) is 8.04. The number of carbonyl (C=O) groups is 1. The van der Waals surface area contributed by atoms with Gasteiger partial charge in [-0.2, -0.15) is 8.42 Å². The number of nitrogens with one attached hydrogen (secondary N) is 2. The van der Waals surface area contributed by atoms with Crippen LogP contribution in [-0.4, -0.2) is 52.2 Å². The number of methoxy groups -OCH3 is 1. The summed E-state index contributed by atoms with van der Waals surface area (Å²) in [7, 11) is -2.84. The average Bonchev–Trinajstić information content (AvgIpc) is 2.77. The van der Waals surface area contributed by atoms with Crippen molar-refractivity contribution in [1.29, 1.82) is 5.41 Å². The zero-order chi connectivity index (χ0) is 24.0. The topological polar surface area (TPSA) is 118 Å². The summed E-state index contributed by atoms with van der Waals surface area (Å²) in [6.45, 7) is 3.47. The third-order valence-corrected chi connectivity index (χ3v) is 6.91. The van der Waals surface area contributed by atoms with Crippen molar-refractivity contribution in [2.24, 2.45) is 5.92 Å². The van der Waals surface area contributed by atoms with Gasteiger partial charge in [0.25, 0.3) is 0 Å². The molecule has 1 heterocycles. The first-order valence-electron chi connectivity index (χ1n) is 10.3. The predicted octanol–water partition coefficient (Wildman–Crippen LogP) is 3.80. The third kappa shape index (κ3) is 6.75. The molecule has 178 valence electrons. The molecule has 0 aliphatic carbocycles. The molecule has 1 aliphatic heterocycles. The Labute approximate surface area is 198 Å². The van der Waals surface area contributed by atoms with Gasteiger partial charge in [0.05, 0.1) is 18.7 Å². The van der Waals surface area contributed by atoms with Gasteiger partial charge in [0, 0.05) is 19.2 Å². The second kappa shape index (κ2) is 10.8. The number of amides is 1. The molecular formula is C22H26ClN3O6S. The summed E-state index contributed by atoms with van der Waals surface area (Å²) in [5, 5.41) is 10.4. The number of likely N-dealkylation sites (tertiary alicyclic amines) is 1. The molecule has 0 bridgehead atoms. The molecule has 0 aromatic heterocycles. The van der Waals surface area contributed by atoms with E-state index < -0.39 is 16.2 Å². The number of piperidine rings is 1. The molecule has 33 heavy (non-hydrogen) atoms. The van der Waals surface area contributed by atoms with Crippen LogP contribution in [0, 0.1) is 18.3 Å². The van der Waals surface area contributed by atoms with Gasteiger partial charge in [0.2, 0.25) is 5.96 Å². The standard InChI is InChI=1S/C22H26ClN3O6S/c1-15-11-17(13-18(12-15)32-33(28,29)20-6-4-3-5-19(20)23)31-14-16-7-9-26(10-8-16)21(24)25-22(27)30-2/h3-6,11-13,16H,7-10,14H2,1-2H3,(H2,24,25,27). The van der Waals surface area contributed by atoms with Gasteiger partial charge in [-0.15, -0.1) is 0 Å². The highest BCUT2D eigenvalue weighted by molar-refractivity contribution is 7.87. The van der Waals surface area contributed by atoms with Crippen LogP contribution >= 0.6 is 11.6 Å². The summed E-state index contributed by atoms with van der Waals surface area (Å²) in [6.07, 6.45) is 0.891. The van der Waals surface area contributed by atoms with Crippen molar-refractivity contribution in [3.8, 4) is 11.5 Å². The number of alkyl carbamates (subject to hydrolysis) is 1. The Hall–Kier alpha value is -2.98. The van der Waals surface area contributed by atoms with Crippen molar-refractivity contribution in [2.75, 3.05) is 26.8 Å². The van der Waals surface area contributed by atoms with Crippen LogP contribution in [0.5, 0.6) is 11.5 Å². The van der Waals surface area contributed by atoms with Gasteiger partial charge in [-0.1, -0.05) is 23.7 Å². The summed E-state index contributed by atoms with van der Waals surface area (Å²) in [4.78, 5) is 12.9. The van der Waals surface area contributed by atoms with Crippen LogP contribution in [-0.2, 0) is 14.9 Å². The number of hydrogen-bond donors (Lipinski definition) is 2. The Morgan fingerprint density at radius 1 is 1.18 bits per heavy atom. The molecule has 11 heteroatoms. The highest BCUT2D eigenvalue weighted by Gasteiger charge is 2.23. The van der Waals surface area contributed by atoms with Crippen LogP contribution in [0.2, 0.25) is 5.02 Å². The first-order chi connectivity index (χ1) is 15.7. The Morgan fingerprint density at radius 2 is 1.85 bits per heavy atom. The van der Waals surface area contributed by atoms with Gasteiger partial charge >= 0.3 is 16.2 Å². The second-order valence-electron chi connectivity index (χ2n) is 7.66. The zero-order valence-corrected chi connectivity index (χ0v) is 19.9. The SMILES string of the molecule is COC(=O)NC(=N)N1CCC(COc2cc(C)cc(OS(=O)(=O)c3ccccc3Cl)c2)CC1. The molecule has 1 amide bonds. The molecule has 2 aromatic carbocycles. The maximum Gasteiger partial charge on any atom is 0.413 e. The molecule has 2 N–H and O–H groups in total. The number of carbonyl (C=O) groups excluding carboxylic acids is 1. The summed E-state index contributed by atoms with van der Waals surface area (Å²) < 4.78 is 41.0. The lowest BCUT2D eigenvalue weighted by Crippen LogP contribution is -2.47. The van der Waals surface area contributed by atoms with Crippen LogP contribution in [0.4, 0.5) is 4.79 Å². The summed E-state index contributed by atoms with van der Waals surface area (Å²) in [5.41, 5.74) is 0.786. The molecule has 9 nitrogen and oxygen atoms in total. The highest BCUT2D eigenvalue weighted by Crippen LogP contribution is 2.29. The number of halogens is 1. The number of nitrogens with zero attached hydrogens (tertiary/aromatic N) is 1. The van der Waals surface area contributed by atoms with E-state index in [-0.39, 0.29) is 27.5 Å². The van der Waals surface area contributed by atoms with Gasteiger partial charge in [-0.3, -0.25) is 10.7 Å². The molecule has 0 radical (unpaired) electrons. The van der Waals surface area contributed by atoms with E-state index in [1.807, 2.05) is 6.92 Å². The molecule has 2 aromatic rings. The Morgan fingerprint density at radius 3 is 2.52 bits per heavy atom. The van der Waals surface area contributed by atoms with E-state index in [0.717, 1.165) is 18.4 Å². The van der Waals surface area contributed by atoms with Crippen molar-refractivity contribution in [2.45, 2.75) is 24.7 Å². The highest BCUT2D eigenvalue weighted by atomic mass is 35.5. The zero-order valence-electron chi connectivity index (χ0n) is 18.3. The first-order valence-corrected chi connectivity index (χ1v) is 12.1. The number of rotatable bonds is 6. The van der Waals surface area contributed by atoms with Crippen molar-refractivity contribution in [1.82, 2.24) is 10.2 Å². The molecule has 1 aliphatic rings. The largest absolute Gasteiger partial charge is 0.493 e. The number of aryl methyl sites for hydroxylation is 1. The van der Waals surface area contributed by atoms with Crippen LogP contribution in [0.3, 0.4) is 0 Å². The quantitative estimate of drug-likeness (QED) is 0.355. The minimum atomic E-state index is -4.09. The molecule has 0 unspecified atom stereocenters. The molecular weight excluding hydrogens is 470 g/mol. The van der Waals surface area contributed by atoms with Crippen molar-refractivity contribution < 1.29 is 26.9 Å². The monoisotopic (exact) mass is 495 g/mol. The van der Waals surface area contributed by atoms with Gasteiger partial charge in [0.1, 0.15) is 16.4 Å². The lowest BCUT2D eigenvalue weighted by atomic mass is 9.98. The molecule has 0 atom stereocenters. The van der Waals surface area contributed by atoms with E-state index in [2.05, 4.69) is 10.1 Å². The van der Waals surface area contributed by atoms with E-state index in [0.29, 0.717) is 25.4 Å².